The summed E-state index contributed by atoms with van der Waals surface area (Å²) in [5.41, 5.74) is 5.07. The van der Waals surface area contributed by atoms with Gasteiger partial charge in [-0.2, -0.15) is 0 Å². The van der Waals surface area contributed by atoms with E-state index in [-0.39, 0.29) is 0 Å². The SMILES string of the molecule is Cc1cccc(C2(O)CCc3ccccc32)c1C. The van der Waals surface area contributed by atoms with Crippen molar-refractivity contribution in [2.75, 3.05) is 0 Å². The standard InChI is InChI=1S/C17H18O/c1-12-6-5-9-15(13(12)2)17(18)11-10-14-7-3-4-8-16(14)17/h3-9,18H,10-11H2,1-2H3. The largest absolute Gasteiger partial charge is 0.380 e. The van der Waals surface area contributed by atoms with E-state index in [1.807, 2.05) is 18.2 Å². The van der Waals surface area contributed by atoms with Gasteiger partial charge in [0.25, 0.3) is 0 Å². The molecule has 1 aliphatic carbocycles. The molecule has 3 rings (SSSR count). The molecule has 0 heterocycles. The second kappa shape index (κ2) is 3.96. The van der Waals surface area contributed by atoms with Gasteiger partial charge in [-0.3, -0.25) is 0 Å². The van der Waals surface area contributed by atoms with Crippen molar-refractivity contribution < 1.29 is 5.11 Å². The van der Waals surface area contributed by atoms with Gasteiger partial charge in [-0.05, 0) is 54.5 Å². The van der Waals surface area contributed by atoms with Gasteiger partial charge in [-0.15, -0.1) is 0 Å². The summed E-state index contributed by atoms with van der Waals surface area (Å²) in [7, 11) is 0. The topological polar surface area (TPSA) is 20.2 Å². The maximum atomic E-state index is 11.1. The highest BCUT2D eigenvalue weighted by atomic mass is 16.3. The monoisotopic (exact) mass is 238 g/mol. The predicted octanol–water partition coefficient (Wildman–Crippen LogP) is 3.49. The molecule has 1 unspecified atom stereocenters. The quantitative estimate of drug-likeness (QED) is 0.806. The molecule has 1 nitrogen and oxygen atoms in total. The van der Waals surface area contributed by atoms with Crippen LogP contribution in [0, 0.1) is 13.8 Å². The van der Waals surface area contributed by atoms with Crippen LogP contribution in [0.4, 0.5) is 0 Å². The molecule has 92 valence electrons. The molecule has 1 heteroatoms. The van der Waals surface area contributed by atoms with E-state index in [2.05, 4.69) is 38.1 Å². The molecule has 0 saturated heterocycles. The first-order valence-corrected chi connectivity index (χ1v) is 6.50. The summed E-state index contributed by atoms with van der Waals surface area (Å²) in [5.74, 6) is 0. The Morgan fingerprint density at radius 2 is 1.67 bits per heavy atom. The number of rotatable bonds is 1. The Kier molecular flexibility index (Phi) is 2.53. The molecule has 0 spiro atoms. The summed E-state index contributed by atoms with van der Waals surface area (Å²) in [6, 6.07) is 14.4. The van der Waals surface area contributed by atoms with Gasteiger partial charge in [0.15, 0.2) is 0 Å². The molecular weight excluding hydrogens is 220 g/mol. The Hall–Kier alpha value is -1.60. The molecule has 1 N–H and O–H groups in total. The molecule has 18 heavy (non-hydrogen) atoms. The first-order chi connectivity index (χ1) is 8.63. The van der Waals surface area contributed by atoms with Gasteiger partial charge in [0.1, 0.15) is 5.60 Å². The zero-order valence-electron chi connectivity index (χ0n) is 10.9. The second-order valence-corrected chi connectivity index (χ2v) is 5.26. The third-order valence-electron chi connectivity index (χ3n) is 4.27. The van der Waals surface area contributed by atoms with E-state index in [0.29, 0.717) is 0 Å². The van der Waals surface area contributed by atoms with Gasteiger partial charge < -0.3 is 5.11 Å². The number of aliphatic hydroxyl groups is 1. The lowest BCUT2D eigenvalue weighted by molar-refractivity contribution is 0.0822. The Labute approximate surface area is 108 Å². The third-order valence-corrected chi connectivity index (χ3v) is 4.27. The number of aryl methyl sites for hydroxylation is 2. The van der Waals surface area contributed by atoms with Gasteiger partial charge in [-0.1, -0.05) is 42.5 Å². The first-order valence-electron chi connectivity index (χ1n) is 6.50. The molecule has 2 aromatic rings. The average molecular weight is 238 g/mol. The number of benzene rings is 2. The van der Waals surface area contributed by atoms with Crippen molar-refractivity contribution >= 4 is 0 Å². The Bertz CT molecular complexity index is 600. The summed E-state index contributed by atoms with van der Waals surface area (Å²) < 4.78 is 0. The normalized spacial score (nSPS) is 21.9. The first kappa shape index (κ1) is 11.5. The lowest BCUT2D eigenvalue weighted by Crippen LogP contribution is -2.25. The summed E-state index contributed by atoms with van der Waals surface area (Å²) in [4.78, 5) is 0. The van der Waals surface area contributed by atoms with Crippen LogP contribution in [-0.2, 0) is 12.0 Å². The van der Waals surface area contributed by atoms with Crippen molar-refractivity contribution in [2.24, 2.45) is 0 Å². The fraction of sp³-hybridized carbons (Fsp3) is 0.294. The van der Waals surface area contributed by atoms with E-state index in [1.54, 1.807) is 0 Å². The average Bonchev–Trinajstić information content (AvgIpc) is 2.72. The van der Waals surface area contributed by atoms with E-state index >= 15 is 0 Å². The van der Waals surface area contributed by atoms with Crippen LogP contribution in [0.3, 0.4) is 0 Å². The number of fused-ring (bicyclic) bond motifs is 1. The molecule has 1 atom stereocenters. The predicted molar refractivity (Wildman–Crippen MR) is 73.7 cm³/mol. The smallest absolute Gasteiger partial charge is 0.115 e. The summed E-state index contributed by atoms with van der Waals surface area (Å²) in [6.45, 7) is 4.20. The lowest BCUT2D eigenvalue weighted by atomic mass is 9.84. The van der Waals surface area contributed by atoms with Gasteiger partial charge in [0.2, 0.25) is 0 Å². The Balaban J connectivity index is 2.21. The number of hydrogen-bond donors (Lipinski definition) is 1. The summed E-state index contributed by atoms with van der Waals surface area (Å²) in [6.07, 6.45) is 1.75. The zero-order valence-corrected chi connectivity index (χ0v) is 10.9. The van der Waals surface area contributed by atoms with Crippen LogP contribution in [0.15, 0.2) is 42.5 Å². The van der Waals surface area contributed by atoms with Crippen molar-refractivity contribution in [1.29, 1.82) is 0 Å². The minimum atomic E-state index is -0.799. The van der Waals surface area contributed by atoms with E-state index in [4.69, 9.17) is 0 Å². The van der Waals surface area contributed by atoms with Crippen molar-refractivity contribution in [1.82, 2.24) is 0 Å². The fourth-order valence-corrected chi connectivity index (χ4v) is 3.07. The molecular formula is C17H18O. The fourth-order valence-electron chi connectivity index (χ4n) is 3.07. The van der Waals surface area contributed by atoms with Gasteiger partial charge in [0.05, 0.1) is 0 Å². The molecule has 2 aromatic carbocycles. The van der Waals surface area contributed by atoms with E-state index in [0.717, 1.165) is 24.0 Å². The molecule has 0 bridgehead atoms. The molecule has 1 aliphatic rings. The molecule has 0 saturated carbocycles. The number of hydrogen-bond acceptors (Lipinski definition) is 1. The van der Waals surface area contributed by atoms with E-state index in [1.165, 1.54) is 16.7 Å². The van der Waals surface area contributed by atoms with Crippen LogP contribution in [-0.4, -0.2) is 5.11 Å². The van der Waals surface area contributed by atoms with Crippen LogP contribution in [0.1, 0.15) is 34.2 Å². The lowest BCUT2D eigenvalue weighted by Gasteiger charge is -2.27. The zero-order chi connectivity index (χ0) is 12.8. The highest BCUT2D eigenvalue weighted by molar-refractivity contribution is 5.49. The molecule has 0 fully saturated rings. The van der Waals surface area contributed by atoms with Crippen LogP contribution < -0.4 is 0 Å². The second-order valence-electron chi connectivity index (χ2n) is 5.26. The molecule has 0 aliphatic heterocycles. The molecule has 0 radical (unpaired) electrons. The Morgan fingerprint density at radius 3 is 2.50 bits per heavy atom. The van der Waals surface area contributed by atoms with Gasteiger partial charge in [0, 0.05) is 0 Å². The van der Waals surface area contributed by atoms with Crippen LogP contribution in [0.2, 0.25) is 0 Å². The summed E-state index contributed by atoms with van der Waals surface area (Å²) >= 11 is 0. The van der Waals surface area contributed by atoms with Crippen LogP contribution in [0.25, 0.3) is 0 Å². The molecule has 0 amide bonds. The summed E-state index contributed by atoms with van der Waals surface area (Å²) in [5, 5.41) is 11.1. The van der Waals surface area contributed by atoms with Crippen LogP contribution in [0.5, 0.6) is 0 Å². The van der Waals surface area contributed by atoms with E-state index < -0.39 is 5.60 Å². The third kappa shape index (κ3) is 1.51. The molecule has 0 aromatic heterocycles. The minimum Gasteiger partial charge on any atom is -0.380 e. The highest BCUT2D eigenvalue weighted by Crippen LogP contribution is 2.43. The van der Waals surface area contributed by atoms with Crippen molar-refractivity contribution in [3.05, 3.63) is 70.3 Å². The van der Waals surface area contributed by atoms with Gasteiger partial charge in [-0.25, -0.2) is 0 Å². The minimum absolute atomic E-state index is 0.788. The maximum Gasteiger partial charge on any atom is 0.115 e. The van der Waals surface area contributed by atoms with Crippen LogP contribution >= 0.6 is 0 Å². The van der Waals surface area contributed by atoms with Crippen molar-refractivity contribution in [3.8, 4) is 0 Å². The van der Waals surface area contributed by atoms with Crippen molar-refractivity contribution in [3.63, 3.8) is 0 Å². The van der Waals surface area contributed by atoms with E-state index in [9.17, 15) is 5.11 Å². The van der Waals surface area contributed by atoms with Gasteiger partial charge >= 0.3 is 0 Å². The highest BCUT2D eigenvalue weighted by Gasteiger charge is 2.38. The Morgan fingerprint density at radius 1 is 0.944 bits per heavy atom. The maximum absolute atomic E-state index is 11.1. The van der Waals surface area contributed by atoms with Crippen molar-refractivity contribution in [2.45, 2.75) is 32.3 Å².